The summed E-state index contributed by atoms with van der Waals surface area (Å²) in [5, 5.41) is 3.85. The fourth-order valence-corrected chi connectivity index (χ4v) is 4.59. The summed E-state index contributed by atoms with van der Waals surface area (Å²) >= 11 is 0. The van der Waals surface area contributed by atoms with Crippen molar-refractivity contribution in [2.24, 2.45) is 11.3 Å². The molecule has 1 heterocycles. The molecule has 3 unspecified atom stereocenters. The van der Waals surface area contributed by atoms with Crippen LogP contribution in [0.15, 0.2) is 0 Å². The lowest BCUT2D eigenvalue weighted by Gasteiger charge is -2.45. The molecule has 0 bridgehead atoms. The molecule has 3 atom stereocenters. The second-order valence-corrected chi connectivity index (χ2v) is 8.28. The van der Waals surface area contributed by atoms with Gasteiger partial charge in [-0.3, -0.25) is 0 Å². The molecule has 2 aliphatic rings. The van der Waals surface area contributed by atoms with E-state index in [1.165, 1.54) is 71.0 Å². The van der Waals surface area contributed by atoms with E-state index in [-0.39, 0.29) is 0 Å². The van der Waals surface area contributed by atoms with Gasteiger partial charge >= 0.3 is 0 Å². The predicted molar refractivity (Wildman–Crippen MR) is 92.7 cm³/mol. The minimum absolute atomic E-state index is 0.548. The fourth-order valence-electron chi connectivity index (χ4n) is 4.59. The first-order valence-electron chi connectivity index (χ1n) is 9.53. The Morgan fingerprint density at radius 3 is 2.67 bits per heavy atom. The van der Waals surface area contributed by atoms with Crippen molar-refractivity contribution < 1.29 is 0 Å². The van der Waals surface area contributed by atoms with Gasteiger partial charge in [0.25, 0.3) is 0 Å². The minimum Gasteiger partial charge on any atom is -0.314 e. The van der Waals surface area contributed by atoms with Crippen LogP contribution in [0.2, 0.25) is 0 Å². The van der Waals surface area contributed by atoms with Crippen molar-refractivity contribution >= 4 is 0 Å². The Bertz CT molecular complexity index is 300. The van der Waals surface area contributed by atoms with Crippen LogP contribution < -0.4 is 5.32 Å². The maximum Gasteiger partial charge on any atom is 0.0108 e. The van der Waals surface area contributed by atoms with Gasteiger partial charge < -0.3 is 10.2 Å². The van der Waals surface area contributed by atoms with Gasteiger partial charge in [0, 0.05) is 18.6 Å². The van der Waals surface area contributed by atoms with Crippen LogP contribution in [0.5, 0.6) is 0 Å². The molecule has 1 N–H and O–H groups in total. The van der Waals surface area contributed by atoms with Crippen molar-refractivity contribution in [2.45, 2.75) is 91.1 Å². The molecule has 2 fully saturated rings. The highest BCUT2D eigenvalue weighted by molar-refractivity contribution is 4.91. The summed E-state index contributed by atoms with van der Waals surface area (Å²) in [6, 6.07) is 1.62. The van der Waals surface area contributed by atoms with E-state index >= 15 is 0 Å². The van der Waals surface area contributed by atoms with Crippen LogP contribution in [-0.2, 0) is 0 Å². The third-order valence-corrected chi connectivity index (χ3v) is 5.86. The summed E-state index contributed by atoms with van der Waals surface area (Å²) in [5.41, 5.74) is 0.548. The monoisotopic (exact) mass is 294 g/mol. The van der Waals surface area contributed by atoms with Gasteiger partial charge in [-0.15, -0.1) is 0 Å². The topological polar surface area (TPSA) is 15.3 Å². The van der Waals surface area contributed by atoms with Crippen molar-refractivity contribution in [1.82, 2.24) is 10.2 Å². The molecule has 0 spiro atoms. The number of likely N-dealkylation sites (tertiary alicyclic amines) is 1. The van der Waals surface area contributed by atoms with Crippen molar-refractivity contribution in [1.29, 1.82) is 0 Å². The van der Waals surface area contributed by atoms with Crippen LogP contribution in [0.1, 0.15) is 79.1 Å². The summed E-state index contributed by atoms with van der Waals surface area (Å²) in [5.74, 6) is 0.854. The lowest BCUT2D eigenvalue weighted by molar-refractivity contribution is 0.0640. The number of rotatable bonds is 6. The van der Waals surface area contributed by atoms with E-state index in [1.54, 1.807) is 0 Å². The molecule has 0 aromatic carbocycles. The highest BCUT2D eigenvalue weighted by atomic mass is 15.2. The molecule has 2 rings (SSSR count). The van der Waals surface area contributed by atoms with E-state index in [1.807, 2.05) is 0 Å². The van der Waals surface area contributed by atoms with E-state index in [4.69, 9.17) is 0 Å². The minimum atomic E-state index is 0.548. The lowest BCUT2D eigenvalue weighted by atomic mass is 9.69. The molecular weight excluding hydrogens is 256 g/mol. The smallest absolute Gasteiger partial charge is 0.0108 e. The molecule has 124 valence electrons. The Kier molecular flexibility index (Phi) is 6.55. The van der Waals surface area contributed by atoms with Gasteiger partial charge in [-0.05, 0) is 69.4 Å². The number of nitrogens with zero attached hydrogens (tertiary/aromatic N) is 1. The highest BCUT2D eigenvalue weighted by Gasteiger charge is 2.36. The maximum absolute atomic E-state index is 3.85. The average molecular weight is 295 g/mol. The zero-order valence-corrected chi connectivity index (χ0v) is 15.0. The Hall–Kier alpha value is -0.0800. The van der Waals surface area contributed by atoms with E-state index in [2.05, 4.69) is 37.9 Å². The van der Waals surface area contributed by atoms with Crippen LogP contribution in [0.4, 0.5) is 0 Å². The van der Waals surface area contributed by atoms with Crippen LogP contribution in [-0.4, -0.2) is 36.6 Å². The largest absolute Gasteiger partial charge is 0.314 e. The summed E-state index contributed by atoms with van der Waals surface area (Å²) in [7, 11) is 0. The van der Waals surface area contributed by atoms with Crippen molar-refractivity contribution in [3.05, 3.63) is 0 Å². The SMILES string of the molecule is CCCNC1CCC(C)(C)CC1CN1CCCCC1CC. The van der Waals surface area contributed by atoms with E-state index in [0.717, 1.165) is 18.0 Å². The number of hydrogen-bond acceptors (Lipinski definition) is 2. The van der Waals surface area contributed by atoms with Crippen molar-refractivity contribution in [3.8, 4) is 0 Å². The van der Waals surface area contributed by atoms with Crippen molar-refractivity contribution in [3.63, 3.8) is 0 Å². The van der Waals surface area contributed by atoms with Gasteiger partial charge in [-0.25, -0.2) is 0 Å². The number of piperidine rings is 1. The van der Waals surface area contributed by atoms with Gasteiger partial charge in [-0.1, -0.05) is 34.1 Å². The van der Waals surface area contributed by atoms with E-state index in [0.29, 0.717) is 5.41 Å². The number of nitrogens with one attached hydrogen (secondary N) is 1. The second-order valence-electron chi connectivity index (χ2n) is 8.28. The normalized spacial score (nSPS) is 34.0. The second kappa shape index (κ2) is 7.97. The van der Waals surface area contributed by atoms with Crippen LogP contribution in [0, 0.1) is 11.3 Å². The molecule has 1 saturated heterocycles. The Morgan fingerprint density at radius 1 is 1.14 bits per heavy atom. The molecule has 1 aliphatic carbocycles. The summed E-state index contributed by atoms with van der Waals surface area (Å²) < 4.78 is 0. The quantitative estimate of drug-likeness (QED) is 0.779. The molecule has 0 aromatic rings. The predicted octanol–water partition coefficient (Wildman–Crippen LogP) is 4.45. The molecule has 0 radical (unpaired) electrons. The molecule has 2 nitrogen and oxygen atoms in total. The van der Waals surface area contributed by atoms with Gasteiger partial charge in [-0.2, -0.15) is 0 Å². The Balaban J connectivity index is 1.97. The van der Waals surface area contributed by atoms with E-state index in [9.17, 15) is 0 Å². The number of hydrogen-bond donors (Lipinski definition) is 1. The zero-order chi connectivity index (χ0) is 15.3. The Morgan fingerprint density at radius 2 is 1.95 bits per heavy atom. The maximum atomic E-state index is 3.85. The molecular formula is C19H38N2. The van der Waals surface area contributed by atoms with Crippen LogP contribution in [0.25, 0.3) is 0 Å². The summed E-state index contributed by atoms with van der Waals surface area (Å²) in [6.45, 7) is 13.5. The average Bonchev–Trinajstić information content (AvgIpc) is 2.46. The lowest BCUT2D eigenvalue weighted by Crippen LogP contribution is -2.50. The van der Waals surface area contributed by atoms with Gasteiger partial charge in [0.2, 0.25) is 0 Å². The molecule has 0 aromatic heterocycles. The third-order valence-electron chi connectivity index (χ3n) is 5.86. The van der Waals surface area contributed by atoms with Gasteiger partial charge in [0.15, 0.2) is 0 Å². The van der Waals surface area contributed by atoms with Gasteiger partial charge in [0.1, 0.15) is 0 Å². The first kappa shape index (κ1) is 17.3. The summed E-state index contributed by atoms with van der Waals surface area (Å²) in [6.07, 6.45) is 11.1. The van der Waals surface area contributed by atoms with E-state index < -0.39 is 0 Å². The standard InChI is InChI=1S/C19H38N2/c1-5-12-20-18-10-11-19(3,4)14-16(18)15-21-13-8-7-9-17(21)6-2/h16-18,20H,5-15H2,1-4H3. The van der Waals surface area contributed by atoms with Crippen molar-refractivity contribution in [2.75, 3.05) is 19.6 Å². The zero-order valence-electron chi connectivity index (χ0n) is 15.0. The molecule has 21 heavy (non-hydrogen) atoms. The molecule has 2 heteroatoms. The van der Waals surface area contributed by atoms with Gasteiger partial charge in [0.05, 0.1) is 0 Å². The first-order valence-corrected chi connectivity index (χ1v) is 9.53. The fraction of sp³-hybridized carbons (Fsp3) is 1.00. The van der Waals surface area contributed by atoms with Crippen LogP contribution >= 0.6 is 0 Å². The summed E-state index contributed by atoms with van der Waals surface area (Å²) in [4.78, 5) is 2.83. The highest BCUT2D eigenvalue weighted by Crippen LogP contribution is 2.39. The first-order chi connectivity index (χ1) is 10.1. The molecule has 0 amide bonds. The third kappa shape index (κ3) is 4.96. The Labute approximate surface area is 133 Å². The molecule has 1 saturated carbocycles. The molecule has 1 aliphatic heterocycles. The van der Waals surface area contributed by atoms with Crippen LogP contribution in [0.3, 0.4) is 0 Å².